The van der Waals surface area contributed by atoms with Crippen LogP contribution in [0.15, 0.2) is 30.3 Å². The van der Waals surface area contributed by atoms with E-state index in [9.17, 15) is 9.59 Å². The molecule has 2 amide bonds. The monoisotopic (exact) mass is 320 g/mol. The van der Waals surface area contributed by atoms with Crippen molar-refractivity contribution in [2.24, 2.45) is 0 Å². The molecule has 1 aromatic carbocycles. The molecule has 7 heteroatoms. The summed E-state index contributed by atoms with van der Waals surface area (Å²) in [6, 6.07) is 9.66. The van der Waals surface area contributed by atoms with Gasteiger partial charge in [0.05, 0.1) is 6.54 Å². The van der Waals surface area contributed by atoms with Crippen molar-refractivity contribution in [2.45, 2.75) is 31.5 Å². The third-order valence-corrected chi connectivity index (χ3v) is 3.91. The average Bonchev–Trinajstić information content (AvgIpc) is 2.93. The van der Waals surface area contributed by atoms with E-state index in [1.54, 1.807) is 4.90 Å². The summed E-state index contributed by atoms with van der Waals surface area (Å²) < 4.78 is 11.1. The molecule has 0 spiro atoms. The third-order valence-electron chi connectivity index (χ3n) is 3.91. The van der Waals surface area contributed by atoms with E-state index < -0.39 is 18.5 Å². The standard InChI is InChI=1S/C16H20N2O5/c19-8-4-7-17-15(20)13-14-16(21)18(10-12(22-13)23-14)9-11-5-2-1-3-6-11/h1-3,5-6,12-14,19H,4,7-10H2,(H,17,20)/t12-,13-,14-/m1/s1. The van der Waals surface area contributed by atoms with Crippen LogP contribution in [0.2, 0.25) is 0 Å². The van der Waals surface area contributed by atoms with Crippen LogP contribution in [0, 0.1) is 0 Å². The van der Waals surface area contributed by atoms with Crippen LogP contribution >= 0.6 is 0 Å². The number of fused-ring (bicyclic) bond motifs is 2. The lowest BCUT2D eigenvalue weighted by molar-refractivity contribution is -0.162. The first kappa shape index (κ1) is 15.9. The Labute approximate surface area is 134 Å². The molecule has 0 aromatic heterocycles. The van der Waals surface area contributed by atoms with Gasteiger partial charge in [0.2, 0.25) is 0 Å². The summed E-state index contributed by atoms with van der Waals surface area (Å²) in [6.07, 6.45) is -1.94. The number of aliphatic hydroxyl groups is 1. The van der Waals surface area contributed by atoms with Gasteiger partial charge in [0, 0.05) is 19.7 Å². The maximum atomic E-state index is 12.5. The van der Waals surface area contributed by atoms with Crippen LogP contribution < -0.4 is 5.32 Å². The van der Waals surface area contributed by atoms with E-state index in [-0.39, 0.29) is 18.4 Å². The number of ether oxygens (including phenoxy) is 2. The topological polar surface area (TPSA) is 88.1 Å². The first-order valence-electron chi connectivity index (χ1n) is 7.71. The Balaban J connectivity index is 1.63. The van der Waals surface area contributed by atoms with Gasteiger partial charge in [0.1, 0.15) is 0 Å². The zero-order valence-corrected chi connectivity index (χ0v) is 12.7. The van der Waals surface area contributed by atoms with Crippen LogP contribution in [-0.4, -0.2) is 60.0 Å². The number of carbonyl (C=O) groups is 2. The van der Waals surface area contributed by atoms with Crippen molar-refractivity contribution in [3.8, 4) is 0 Å². The fraction of sp³-hybridized carbons (Fsp3) is 0.500. The average molecular weight is 320 g/mol. The molecule has 1 aromatic rings. The number of hydrogen-bond acceptors (Lipinski definition) is 5. The number of amides is 2. The van der Waals surface area contributed by atoms with Crippen molar-refractivity contribution in [1.29, 1.82) is 0 Å². The van der Waals surface area contributed by atoms with E-state index in [1.165, 1.54) is 0 Å². The predicted octanol–water partition coefficient (Wildman–Crippen LogP) is -0.362. The van der Waals surface area contributed by atoms with E-state index in [1.807, 2.05) is 30.3 Å². The number of benzene rings is 1. The SMILES string of the molecule is O=C(NCCCO)[C@@H]1O[C@H]2CN(Cc3ccccc3)C(=O)[C@@H]1O2. The molecule has 2 aliphatic rings. The lowest BCUT2D eigenvalue weighted by atomic mass is 10.1. The lowest BCUT2D eigenvalue weighted by Crippen LogP contribution is -2.51. The van der Waals surface area contributed by atoms with Crippen LogP contribution in [0.1, 0.15) is 12.0 Å². The Bertz CT molecular complexity index is 565. The molecule has 2 aliphatic heterocycles. The minimum Gasteiger partial charge on any atom is -0.396 e. The Morgan fingerprint density at radius 3 is 2.83 bits per heavy atom. The molecule has 0 radical (unpaired) electrons. The highest BCUT2D eigenvalue weighted by Crippen LogP contribution is 2.28. The van der Waals surface area contributed by atoms with Crippen molar-refractivity contribution in [3.63, 3.8) is 0 Å². The molecule has 3 rings (SSSR count). The Kier molecular flexibility index (Phi) is 4.90. The Hall–Kier alpha value is -1.96. The van der Waals surface area contributed by atoms with E-state index in [4.69, 9.17) is 14.6 Å². The van der Waals surface area contributed by atoms with E-state index in [2.05, 4.69) is 5.32 Å². The molecule has 3 atom stereocenters. The molecule has 23 heavy (non-hydrogen) atoms. The molecular formula is C16H20N2O5. The summed E-state index contributed by atoms with van der Waals surface area (Å²) in [5, 5.41) is 11.4. The molecule has 0 saturated carbocycles. The summed E-state index contributed by atoms with van der Waals surface area (Å²) in [7, 11) is 0. The second-order valence-electron chi connectivity index (χ2n) is 5.62. The van der Waals surface area contributed by atoms with Crippen molar-refractivity contribution < 1.29 is 24.2 Å². The molecular weight excluding hydrogens is 300 g/mol. The molecule has 2 saturated heterocycles. The Morgan fingerprint density at radius 1 is 1.30 bits per heavy atom. The van der Waals surface area contributed by atoms with Gasteiger partial charge in [-0.15, -0.1) is 0 Å². The Morgan fingerprint density at radius 2 is 2.09 bits per heavy atom. The smallest absolute Gasteiger partial charge is 0.255 e. The van der Waals surface area contributed by atoms with Crippen molar-refractivity contribution in [3.05, 3.63) is 35.9 Å². The fourth-order valence-electron chi connectivity index (χ4n) is 2.76. The molecule has 0 unspecified atom stereocenters. The molecule has 7 nitrogen and oxygen atoms in total. The van der Waals surface area contributed by atoms with Gasteiger partial charge in [0.25, 0.3) is 11.8 Å². The number of nitrogens with one attached hydrogen (secondary N) is 1. The van der Waals surface area contributed by atoms with Gasteiger partial charge in [-0.3, -0.25) is 9.59 Å². The van der Waals surface area contributed by atoms with Crippen molar-refractivity contribution >= 4 is 11.8 Å². The van der Waals surface area contributed by atoms with Gasteiger partial charge in [-0.2, -0.15) is 0 Å². The van der Waals surface area contributed by atoms with Gasteiger partial charge in [-0.05, 0) is 12.0 Å². The number of morpholine rings is 1. The minimum atomic E-state index is -0.924. The number of aliphatic hydroxyl groups excluding tert-OH is 1. The summed E-state index contributed by atoms with van der Waals surface area (Å²) in [6.45, 7) is 1.12. The van der Waals surface area contributed by atoms with Gasteiger partial charge >= 0.3 is 0 Å². The van der Waals surface area contributed by atoms with Crippen LogP contribution in [-0.2, 0) is 25.6 Å². The van der Waals surface area contributed by atoms with Crippen molar-refractivity contribution in [1.82, 2.24) is 10.2 Å². The maximum Gasteiger partial charge on any atom is 0.255 e. The first-order valence-corrected chi connectivity index (χ1v) is 7.71. The second kappa shape index (κ2) is 7.08. The van der Waals surface area contributed by atoms with Crippen LogP contribution in [0.5, 0.6) is 0 Å². The zero-order valence-electron chi connectivity index (χ0n) is 12.7. The first-order chi connectivity index (χ1) is 11.2. The van der Waals surface area contributed by atoms with Gasteiger partial charge in [-0.25, -0.2) is 0 Å². The van der Waals surface area contributed by atoms with E-state index >= 15 is 0 Å². The van der Waals surface area contributed by atoms with Crippen LogP contribution in [0.25, 0.3) is 0 Å². The third kappa shape index (κ3) is 3.52. The normalized spacial score (nSPS) is 26.4. The highest BCUT2D eigenvalue weighted by Gasteiger charge is 2.50. The van der Waals surface area contributed by atoms with Gasteiger partial charge in [0.15, 0.2) is 18.5 Å². The van der Waals surface area contributed by atoms with Crippen molar-refractivity contribution in [2.75, 3.05) is 19.7 Å². The highest BCUT2D eigenvalue weighted by molar-refractivity contribution is 5.92. The van der Waals surface area contributed by atoms with Crippen LogP contribution in [0.4, 0.5) is 0 Å². The summed E-state index contributed by atoms with van der Waals surface area (Å²) in [5.41, 5.74) is 1.02. The predicted molar refractivity (Wildman–Crippen MR) is 80.1 cm³/mol. The minimum absolute atomic E-state index is 0.00184. The maximum absolute atomic E-state index is 12.5. The molecule has 124 valence electrons. The molecule has 2 fully saturated rings. The largest absolute Gasteiger partial charge is 0.396 e. The van der Waals surface area contributed by atoms with E-state index in [0.717, 1.165) is 5.56 Å². The molecule has 0 aliphatic carbocycles. The lowest BCUT2D eigenvalue weighted by Gasteiger charge is -2.30. The number of rotatable bonds is 6. The quantitative estimate of drug-likeness (QED) is 0.699. The summed E-state index contributed by atoms with van der Waals surface area (Å²) in [4.78, 5) is 26.3. The zero-order chi connectivity index (χ0) is 16.2. The molecule has 2 heterocycles. The summed E-state index contributed by atoms with van der Waals surface area (Å²) >= 11 is 0. The van der Waals surface area contributed by atoms with Crippen LogP contribution in [0.3, 0.4) is 0 Å². The molecule has 2 N–H and O–H groups in total. The number of hydrogen-bond donors (Lipinski definition) is 2. The highest BCUT2D eigenvalue weighted by atomic mass is 16.7. The number of carbonyl (C=O) groups excluding carboxylic acids is 2. The fourth-order valence-corrected chi connectivity index (χ4v) is 2.76. The second-order valence-corrected chi connectivity index (χ2v) is 5.62. The molecule has 2 bridgehead atoms. The van der Waals surface area contributed by atoms with E-state index in [0.29, 0.717) is 26.1 Å². The number of nitrogens with zero attached hydrogens (tertiary/aromatic N) is 1. The van der Waals surface area contributed by atoms with Gasteiger partial charge in [-0.1, -0.05) is 30.3 Å². The van der Waals surface area contributed by atoms with Gasteiger partial charge < -0.3 is 24.8 Å². The summed E-state index contributed by atoms with van der Waals surface area (Å²) in [5.74, 6) is -0.606.